The van der Waals surface area contributed by atoms with Gasteiger partial charge in [0.05, 0.1) is 24.9 Å². The van der Waals surface area contributed by atoms with Gasteiger partial charge in [-0.1, -0.05) is 37.8 Å². The van der Waals surface area contributed by atoms with E-state index in [-0.39, 0.29) is 0 Å². The van der Waals surface area contributed by atoms with Crippen molar-refractivity contribution in [2.24, 2.45) is 0 Å². The Hall–Kier alpha value is -1.20. The fraction of sp³-hybridized carbons (Fsp3) is 0.533. The van der Waals surface area contributed by atoms with Gasteiger partial charge in [-0.05, 0) is 18.6 Å². The van der Waals surface area contributed by atoms with E-state index in [0.717, 1.165) is 18.7 Å². The molecule has 0 heterocycles. The maximum Gasteiger partial charge on any atom is 0.170 e. The summed E-state index contributed by atoms with van der Waals surface area (Å²) in [4.78, 5) is 0. The van der Waals surface area contributed by atoms with Crippen LogP contribution in [0.2, 0.25) is 5.02 Å². The summed E-state index contributed by atoms with van der Waals surface area (Å²) < 4.78 is 10.5. The molecule has 2 N–H and O–H groups in total. The number of methoxy groups -OCH3 is 2. The number of ether oxygens (including phenoxy) is 2. The van der Waals surface area contributed by atoms with Crippen molar-refractivity contribution in [1.29, 1.82) is 0 Å². The predicted molar refractivity (Wildman–Crippen MR) is 92.9 cm³/mol. The molecule has 1 aromatic carbocycles. The Bertz CT molecular complexity index is 469. The Labute approximate surface area is 137 Å². The average molecular weight is 331 g/mol. The minimum Gasteiger partial charge on any atom is -0.495 e. The molecule has 1 aromatic rings. The van der Waals surface area contributed by atoms with E-state index in [1.165, 1.54) is 19.3 Å². The largest absolute Gasteiger partial charge is 0.495 e. The van der Waals surface area contributed by atoms with Gasteiger partial charge >= 0.3 is 0 Å². The molecular formula is C15H23ClN2O2S. The second kappa shape index (κ2) is 9.68. The summed E-state index contributed by atoms with van der Waals surface area (Å²) in [5.74, 6) is 1.20. The molecule has 0 aromatic heterocycles. The molecule has 0 fully saturated rings. The zero-order chi connectivity index (χ0) is 15.7. The number of hydrogen-bond acceptors (Lipinski definition) is 3. The molecule has 0 amide bonds. The van der Waals surface area contributed by atoms with Crippen LogP contribution in [0.5, 0.6) is 11.5 Å². The molecule has 0 aliphatic rings. The Morgan fingerprint density at radius 1 is 1.14 bits per heavy atom. The van der Waals surface area contributed by atoms with Gasteiger partial charge in [-0.25, -0.2) is 0 Å². The summed E-state index contributed by atoms with van der Waals surface area (Å²) >= 11 is 11.3. The second-order valence-electron chi connectivity index (χ2n) is 4.63. The first-order valence-corrected chi connectivity index (χ1v) is 7.87. The van der Waals surface area contributed by atoms with Crippen molar-refractivity contribution in [2.75, 3.05) is 26.1 Å². The third kappa shape index (κ3) is 5.98. The topological polar surface area (TPSA) is 42.5 Å². The molecular weight excluding hydrogens is 308 g/mol. The quantitative estimate of drug-likeness (QED) is 0.551. The number of thiocarbonyl (C=S) groups is 1. The van der Waals surface area contributed by atoms with Gasteiger partial charge in [-0.2, -0.15) is 0 Å². The molecule has 0 saturated heterocycles. The normalized spacial score (nSPS) is 10.1. The fourth-order valence-electron chi connectivity index (χ4n) is 1.88. The van der Waals surface area contributed by atoms with Gasteiger partial charge in [0.1, 0.15) is 11.5 Å². The Morgan fingerprint density at radius 2 is 1.86 bits per heavy atom. The first-order valence-electron chi connectivity index (χ1n) is 7.08. The standard InChI is InChI=1S/C15H23ClN2O2S/c1-4-5-6-7-8-17-15(21)18-12-10-13(19-2)11(16)9-14(12)20-3/h9-10H,4-8H2,1-3H3,(H2,17,18,21). The fourth-order valence-corrected chi connectivity index (χ4v) is 2.32. The lowest BCUT2D eigenvalue weighted by Crippen LogP contribution is -2.29. The zero-order valence-corrected chi connectivity index (χ0v) is 14.4. The summed E-state index contributed by atoms with van der Waals surface area (Å²) in [7, 11) is 3.16. The lowest BCUT2D eigenvalue weighted by Gasteiger charge is -2.15. The Kier molecular flexibility index (Phi) is 8.23. The number of benzene rings is 1. The summed E-state index contributed by atoms with van der Waals surface area (Å²) in [6, 6.07) is 3.47. The molecule has 0 radical (unpaired) electrons. The minimum atomic E-state index is 0.498. The number of nitrogens with one attached hydrogen (secondary N) is 2. The van der Waals surface area contributed by atoms with Gasteiger partial charge in [-0.15, -0.1) is 0 Å². The predicted octanol–water partition coefficient (Wildman–Crippen LogP) is 4.22. The maximum absolute atomic E-state index is 6.07. The van der Waals surface area contributed by atoms with Crippen LogP contribution < -0.4 is 20.1 Å². The number of unbranched alkanes of at least 4 members (excludes halogenated alkanes) is 3. The monoisotopic (exact) mass is 330 g/mol. The van der Waals surface area contributed by atoms with Crippen molar-refractivity contribution >= 4 is 34.6 Å². The summed E-state index contributed by atoms with van der Waals surface area (Å²) in [5.41, 5.74) is 0.727. The molecule has 0 spiro atoms. The van der Waals surface area contributed by atoms with Crippen LogP contribution in [0.3, 0.4) is 0 Å². The van der Waals surface area contributed by atoms with E-state index in [0.29, 0.717) is 21.6 Å². The highest BCUT2D eigenvalue weighted by atomic mass is 35.5. The van der Waals surface area contributed by atoms with Crippen LogP contribution >= 0.6 is 23.8 Å². The van der Waals surface area contributed by atoms with E-state index < -0.39 is 0 Å². The van der Waals surface area contributed by atoms with Crippen LogP contribution in [0.1, 0.15) is 32.6 Å². The Morgan fingerprint density at radius 3 is 2.48 bits per heavy atom. The SMILES string of the molecule is CCCCCCNC(=S)Nc1cc(OC)c(Cl)cc1OC. The number of rotatable bonds is 8. The van der Waals surface area contributed by atoms with Crippen molar-refractivity contribution in [3.05, 3.63) is 17.2 Å². The van der Waals surface area contributed by atoms with E-state index in [1.54, 1.807) is 26.4 Å². The van der Waals surface area contributed by atoms with Crippen LogP contribution in [0.25, 0.3) is 0 Å². The average Bonchev–Trinajstić information content (AvgIpc) is 2.48. The first kappa shape index (κ1) is 17.9. The molecule has 21 heavy (non-hydrogen) atoms. The highest BCUT2D eigenvalue weighted by molar-refractivity contribution is 7.80. The molecule has 6 heteroatoms. The number of hydrogen-bond donors (Lipinski definition) is 2. The van der Waals surface area contributed by atoms with Gasteiger partial charge < -0.3 is 20.1 Å². The molecule has 0 aliphatic carbocycles. The molecule has 4 nitrogen and oxygen atoms in total. The van der Waals surface area contributed by atoms with E-state index >= 15 is 0 Å². The molecule has 0 aliphatic heterocycles. The summed E-state index contributed by atoms with van der Waals surface area (Å²) in [5, 5.41) is 7.36. The van der Waals surface area contributed by atoms with Gasteiger partial charge in [0.15, 0.2) is 5.11 Å². The molecule has 118 valence electrons. The summed E-state index contributed by atoms with van der Waals surface area (Å²) in [6.07, 6.45) is 4.80. The molecule has 0 atom stereocenters. The van der Waals surface area contributed by atoms with E-state index in [4.69, 9.17) is 33.3 Å². The van der Waals surface area contributed by atoms with E-state index in [9.17, 15) is 0 Å². The van der Waals surface area contributed by atoms with Gasteiger partial charge in [0, 0.05) is 18.7 Å². The highest BCUT2D eigenvalue weighted by Crippen LogP contribution is 2.35. The second-order valence-corrected chi connectivity index (χ2v) is 5.44. The van der Waals surface area contributed by atoms with Crippen molar-refractivity contribution in [3.63, 3.8) is 0 Å². The van der Waals surface area contributed by atoms with Crippen LogP contribution in [0, 0.1) is 0 Å². The number of halogens is 1. The van der Waals surface area contributed by atoms with Crippen LogP contribution in [-0.4, -0.2) is 25.9 Å². The lowest BCUT2D eigenvalue weighted by atomic mass is 10.2. The third-order valence-corrected chi connectivity index (χ3v) is 3.58. The van der Waals surface area contributed by atoms with E-state index in [2.05, 4.69) is 17.6 Å². The maximum atomic E-state index is 6.07. The third-order valence-electron chi connectivity index (χ3n) is 3.04. The molecule has 0 saturated carbocycles. The van der Waals surface area contributed by atoms with Crippen molar-refractivity contribution in [2.45, 2.75) is 32.6 Å². The van der Waals surface area contributed by atoms with Crippen LogP contribution in [0.4, 0.5) is 5.69 Å². The lowest BCUT2D eigenvalue weighted by molar-refractivity contribution is 0.405. The van der Waals surface area contributed by atoms with E-state index in [1.807, 2.05) is 0 Å². The van der Waals surface area contributed by atoms with Gasteiger partial charge in [-0.3, -0.25) is 0 Å². The van der Waals surface area contributed by atoms with Crippen molar-refractivity contribution < 1.29 is 9.47 Å². The van der Waals surface area contributed by atoms with Crippen LogP contribution in [-0.2, 0) is 0 Å². The van der Waals surface area contributed by atoms with Gasteiger partial charge in [0.25, 0.3) is 0 Å². The number of anilines is 1. The molecule has 0 unspecified atom stereocenters. The zero-order valence-electron chi connectivity index (χ0n) is 12.8. The highest BCUT2D eigenvalue weighted by Gasteiger charge is 2.10. The molecule has 1 rings (SSSR count). The molecule has 0 bridgehead atoms. The van der Waals surface area contributed by atoms with Crippen LogP contribution in [0.15, 0.2) is 12.1 Å². The van der Waals surface area contributed by atoms with Crippen molar-refractivity contribution in [1.82, 2.24) is 5.32 Å². The first-order chi connectivity index (χ1) is 10.1. The smallest absolute Gasteiger partial charge is 0.170 e. The van der Waals surface area contributed by atoms with Crippen molar-refractivity contribution in [3.8, 4) is 11.5 Å². The summed E-state index contributed by atoms with van der Waals surface area (Å²) in [6.45, 7) is 3.05. The Balaban J connectivity index is 2.58. The minimum absolute atomic E-state index is 0.498. The van der Waals surface area contributed by atoms with Gasteiger partial charge in [0.2, 0.25) is 0 Å².